The monoisotopic (exact) mass is 430 g/mol. The second kappa shape index (κ2) is 11.1. The maximum Gasteiger partial charge on any atom is 0.238 e. The number of carbonyl (C=O) groups excluding carboxylic acids is 1. The summed E-state index contributed by atoms with van der Waals surface area (Å²) in [6.45, 7) is 8.74. The van der Waals surface area contributed by atoms with Crippen molar-refractivity contribution in [2.24, 2.45) is 0 Å². The summed E-state index contributed by atoms with van der Waals surface area (Å²) >= 11 is 0. The zero-order valence-electron chi connectivity index (χ0n) is 19.4. The number of aliphatic hydroxyl groups excluding tert-OH is 1. The first kappa shape index (κ1) is 23.7. The predicted octanol–water partition coefficient (Wildman–Crippen LogP) is 5.74. The van der Waals surface area contributed by atoms with Crippen LogP contribution in [0.15, 0.2) is 72.8 Å². The number of para-hydroxylation sites is 1. The highest BCUT2D eigenvalue weighted by atomic mass is 16.3. The molecule has 0 aliphatic rings. The Hall–Kier alpha value is -2.95. The largest absolute Gasteiger partial charge is 0.392 e. The minimum absolute atomic E-state index is 0.0141. The summed E-state index contributed by atoms with van der Waals surface area (Å²) in [5, 5.41) is 16.2. The van der Waals surface area contributed by atoms with Gasteiger partial charge in [0.1, 0.15) is 0 Å². The topological polar surface area (TPSA) is 61.4 Å². The van der Waals surface area contributed by atoms with Gasteiger partial charge in [-0.2, -0.15) is 0 Å². The van der Waals surface area contributed by atoms with E-state index in [1.165, 1.54) is 0 Å². The van der Waals surface area contributed by atoms with Crippen molar-refractivity contribution in [3.05, 3.63) is 101 Å². The summed E-state index contributed by atoms with van der Waals surface area (Å²) in [6.07, 6.45) is 0. The number of aliphatic hydroxyl groups is 1. The highest BCUT2D eigenvalue weighted by molar-refractivity contribution is 5.94. The lowest BCUT2D eigenvalue weighted by Gasteiger charge is -2.22. The zero-order valence-corrected chi connectivity index (χ0v) is 19.4. The molecule has 0 saturated carbocycles. The Kier molecular flexibility index (Phi) is 8.20. The third-order valence-electron chi connectivity index (χ3n) is 5.70. The number of hydrogen-bond donors (Lipinski definition) is 3. The van der Waals surface area contributed by atoms with Gasteiger partial charge in [-0.3, -0.25) is 10.1 Å². The second-order valence-corrected chi connectivity index (χ2v) is 8.80. The van der Waals surface area contributed by atoms with Gasteiger partial charge in [0.05, 0.1) is 19.2 Å². The molecule has 3 rings (SSSR count). The minimum Gasteiger partial charge on any atom is -0.392 e. The quantitative estimate of drug-likeness (QED) is 0.405. The molecule has 0 heterocycles. The van der Waals surface area contributed by atoms with Crippen LogP contribution < -0.4 is 10.6 Å². The molecule has 0 aliphatic heterocycles. The number of rotatable bonds is 9. The van der Waals surface area contributed by atoms with Crippen LogP contribution >= 0.6 is 0 Å². The Balaban J connectivity index is 1.82. The van der Waals surface area contributed by atoms with E-state index in [0.29, 0.717) is 11.8 Å². The Morgan fingerprint density at radius 2 is 1.41 bits per heavy atom. The molecule has 1 atom stereocenters. The second-order valence-electron chi connectivity index (χ2n) is 8.80. The molecular weight excluding hydrogens is 396 g/mol. The number of carbonyl (C=O) groups is 1. The van der Waals surface area contributed by atoms with Crippen molar-refractivity contribution in [1.29, 1.82) is 0 Å². The van der Waals surface area contributed by atoms with Crippen molar-refractivity contribution in [3.8, 4) is 0 Å². The molecule has 32 heavy (non-hydrogen) atoms. The van der Waals surface area contributed by atoms with Crippen LogP contribution in [0.25, 0.3) is 0 Å². The van der Waals surface area contributed by atoms with Crippen LogP contribution in [0, 0.1) is 0 Å². The Bertz CT molecular complexity index is 1000. The van der Waals surface area contributed by atoms with Crippen LogP contribution in [0.2, 0.25) is 0 Å². The molecular formula is C28H34N2O2. The zero-order chi connectivity index (χ0) is 23.1. The van der Waals surface area contributed by atoms with Gasteiger partial charge in [-0.25, -0.2) is 0 Å². The molecule has 0 fully saturated rings. The van der Waals surface area contributed by atoms with Crippen molar-refractivity contribution >= 4 is 11.6 Å². The first-order valence-corrected chi connectivity index (χ1v) is 11.3. The molecule has 3 aromatic carbocycles. The fourth-order valence-corrected chi connectivity index (χ4v) is 4.02. The van der Waals surface area contributed by atoms with Gasteiger partial charge < -0.3 is 10.4 Å². The highest BCUT2D eigenvalue weighted by Gasteiger charge is 2.18. The summed E-state index contributed by atoms with van der Waals surface area (Å²) in [5.41, 5.74) is 6.17. The third-order valence-corrected chi connectivity index (χ3v) is 5.70. The lowest BCUT2D eigenvalue weighted by atomic mass is 9.92. The number of anilines is 1. The van der Waals surface area contributed by atoms with Crippen molar-refractivity contribution in [2.75, 3.05) is 11.9 Å². The molecule has 0 spiro atoms. The van der Waals surface area contributed by atoms with Crippen LogP contribution in [0.4, 0.5) is 5.69 Å². The van der Waals surface area contributed by atoms with Crippen LogP contribution in [-0.4, -0.2) is 17.6 Å². The minimum atomic E-state index is -0.154. The van der Waals surface area contributed by atoms with E-state index in [1.807, 2.05) is 54.6 Å². The Morgan fingerprint density at radius 3 is 2.00 bits per heavy atom. The fourth-order valence-electron chi connectivity index (χ4n) is 4.02. The molecule has 3 aromatic rings. The van der Waals surface area contributed by atoms with Gasteiger partial charge in [0.2, 0.25) is 5.91 Å². The van der Waals surface area contributed by atoms with Crippen molar-refractivity contribution in [3.63, 3.8) is 0 Å². The van der Waals surface area contributed by atoms with E-state index >= 15 is 0 Å². The molecule has 0 bridgehead atoms. The molecule has 168 valence electrons. The number of hydrogen-bond acceptors (Lipinski definition) is 3. The van der Waals surface area contributed by atoms with E-state index < -0.39 is 0 Å². The average Bonchev–Trinajstić information content (AvgIpc) is 2.80. The maximum absolute atomic E-state index is 13.0. The normalized spacial score (nSPS) is 12.2. The maximum atomic E-state index is 13.0. The van der Waals surface area contributed by atoms with Gasteiger partial charge in [0, 0.05) is 5.69 Å². The average molecular weight is 431 g/mol. The molecule has 0 aromatic heterocycles. The Morgan fingerprint density at radius 1 is 0.812 bits per heavy atom. The van der Waals surface area contributed by atoms with Gasteiger partial charge >= 0.3 is 0 Å². The first-order chi connectivity index (χ1) is 15.4. The summed E-state index contributed by atoms with van der Waals surface area (Å²) in [6, 6.07) is 24.0. The Labute approximate surface area is 191 Å². The first-order valence-electron chi connectivity index (χ1n) is 11.3. The van der Waals surface area contributed by atoms with Crippen molar-refractivity contribution in [1.82, 2.24) is 5.32 Å². The highest BCUT2D eigenvalue weighted by Crippen LogP contribution is 2.32. The molecule has 1 amide bonds. The van der Waals surface area contributed by atoms with Crippen molar-refractivity contribution in [2.45, 2.75) is 52.2 Å². The van der Waals surface area contributed by atoms with E-state index in [2.05, 4.69) is 56.5 Å². The van der Waals surface area contributed by atoms with Crippen LogP contribution in [0.5, 0.6) is 0 Å². The third kappa shape index (κ3) is 5.84. The SMILES string of the molecule is CC(C)c1cccc(C(C)C)c1NC(=O)CNC(c1ccccc1)c1cccc(CO)c1. The van der Waals surface area contributed by atoms with E-state index in [9.17, 15) is 9.90 Å². The van der Waals surface area contributed by atoms with E-state index in [1.54, 1.807) is 0 Å². The van der Waals surface area contributed by atoms with E-state index in [-0.39, 0.29) is 25.1 Å². The molecule has 0 saturated heterocycles. The predicted molar refractivity (Wildman–Crippen MR) is 132 cm³/mol. The van der Waals surface area contributed by atoms with Crippen LogP contribution in [0.1, 0.15) is 73.4 Å². The molecule has 4 nitrogen and oxygen atoms in total. The fraction of sp³-hybridized carbons (Fsp3) is 0.321. The lowest BCUT2D eigenvalue weighted by Crippen LogP contribution is -2.32. The number of benzene rings is 3. The summed E-state index contributed by atoms with van der Waals surface area (Å²) in [4.78, 5) is 13.0. The number of amides is 1. The molecule has 4 heteroatoms. The van der Waals surface area contributed by atoms with Crippen LogP contribution in [0.3, 0.4) is 0 Å². The summed E-state index contributed by atoms with van der Waals surface area (Å²) in [7, 11) is 0. The smallest absolute Gasteiger partial charge is 0.238 e. The van der Waals surface area contributed by atoms with Gasteiger partial charge in [-0.15, -0.1) is 0 Å². The lowest BCUT2D eigenvalue weighted by molar-refractivity contribution is -0.115. The van der Waals surface area contributed by atoms with Gasteiger partial charge in [0.25, 0.3) is 0 Å². The van der Waals surface area contributed by atoms with E-state index in [0.717, 1.165) is 33.5 Å². The summed E-state index contributed by atoms with van der Waals surface area (Å²) < 4.78 is 0. The van der Waals surface area contributed by atoms with E-state index in [4.69, 9.17) is 0 Å². The van der Waals surface area contributed by atoms with Gasteiger partial charge in [-0.1, -0.05) is 100 Å². The van der Waals surface area contributed by atoms with Crippen LogP contribution in [-0.2, 0) is 11.4 Å². The van der Waals surface area contributed by atoms with Gasteiger partial charge in [0.15, 0.2) is 0 Å². The van der Waals surface area contributed by atoms with Gasteiger partial charge in [-0.05, 0) is 39.7 Å². The summed E-state index contributed by atoms with van der Waals surface area (Å²) in [5.74, 6) is 0.560. The molecule has 0 radical (unpaired) electrons. The van der Waals surface area contributed by atoms with Crippen molar-refractivity contribution < 1.29 is 9.90 Å². The molecule has 1 unspecified atom stereocenters. The number of nitrogens with one attached hydrogen (secondary N) is 2. The molecule has 3 N–H and O–H groups in total. The standard InChI is InChI=1S/C28H34N2O2/c1-19(2)24-14-9-15-25(20(3)4)28(24)30-26(32)17-29-27(22-11-6-5-7-12-22)23-13-8-10-21(16-23)18-31/h5-16,19-20,27,29,31H,17-18H2,1-4H3,(H,30,32). The molecule has 0 aliphatic carbocycles.